The minimum absolute atomic E-state index is 0.257. The largest absolute Gasteiger partial charge is 0.427 e. The number of nitrogens with one attached hydrogen (secondary N) is 1. The van der Waals surface area contributed by atoms with Gasteiger partial charge in [-0.25, -0.2) is 0 Å². The van der Waals surface area contributed by atoms with E-state index in [-0.39, 0.29) is 17.5 Å². The number of anilines is 2. The molecule has 1 amide bonds. The van der Waals surface area contributed by atoms with Gasteiger partial charge in [-0.1, -0.05) is 92.6 Å². The Balaban J connectivity index is 1.41. The normalized spacial score (nSPS) is 22.0. The van der Waals surface area contributed by atoms with Crippen molar-refractivity contribution in [2.75, 3.05) is 10.2 Å². The van der Waals surface area contributed by atoms with E-state index in [1.54, 1.807) is 24.3 Å². The molecular weight excluding hydrogens is 588 g/mol. The van der Waals surface area contributed by atoms with E-state index in [2.05, 4.69) is 12.2 Å². The van der Waals surface area contributed by atoms with Crippen LogP contribution in [0.5, 0.6) is 5.75 Å². The molecule has 7 heteroatoms. The summed E-state index contributed by atoms with van der Waals surface area (Å²) in [5, 5.41) is 3.07. The zero-order chi connectivity index (χ0) is 32.7. The number of para-hydroxylation sites is 2. The van der Waals surface area contributed by atoms with E-state index >= 15 is 4.79 Å². The van der Waals surface area contributed by atoms with Gasteiger partial charge in [0, 0.05) is 29.4 Å². The van der Waals surface area contributed by atoms with Gasteiger partial charge in [-0.15, -0.1) is 0 Å². The molecule has 7 nitrogen and oxygen atoms in total. The first-order valence-corrected chi connectivity index (χ1v) is 16.3. The second-order valence-electron chi connectivity index (χ2n) is 12.6. The Morgan fingerprint density at radius 2 is 1.51 bits per heavy atom. The fourth-order valence-electron chi connectivity index (χ4n) is 7.74. The minimum Gasteiger partial charge on any atom is -0.427 e. The predicted octanol–water partition coefficient (Wildman–Crippen LogP) is 7.20. The molecule has 3 aliphatic heterocycles. The SMILES string of the molecule is CCCCCc1ccc(C(=O)[C@@H]2[C@H](C(=O)c3ccc(OC(C)=O)cc3)N3c4ccccc4C=C[C@H]3[C@]23C(=O)Nc2ccccc23)cc1. The van der Waals surface area contributed by atoms with Crippen LogP contribution in [0.25, 0.3) is 6.08 Å². The Hall–Kier alpha value is -5.30. The van der Waals surface area contributed by atoms with Gasteiger partial charge >= 0.3 is 5.97 Å². The standard InChI is InChI=1S/C40H36N2O5/c1-3-4-5-10-26-15-17-28(18-16-26)37(44)35-36(38(45)29-19-22-30(23-20-29)47-25(2)43)42-33-14-9-6-11-27(33)21-24-34(42)40(35)31-12-7-8-13-32(31)41-39(40)46/h6-9,11-24,34-36H,3-5,10H2,1-2H3,(H,41,46)/t34-,35-,36+,40-/m0/s1. The smallest absolute Gasteiger partial charge is 0.308 e. The lowest BCUT2D eigenvalue weighted by Crippen LogP contribution is -2.51. The lowest BCUT2D eigenvalue weighted by atomic mass is 9.64. The third-order valence-electron chi connectivity index (χ3n) is 9.80. The average molecular weight is 625 g/mol. The first-order chi connectivity index (χ1) is 22.8. The number of fused-ring (bicyclic) bond motifs is 6. The van der Waals surface area contributed by atoms with E-state index in [0.717, 1.165) is 42.5 Å². The van der Waals surface area contributed by atoms with Crippen molar-refractivity contribution in [3.63, 3.8) is 0 Å². The number of amides is 1. The van der Waals surface area contributed by atoms with Gasteiger partial charge in [0.1, 0.15) is 17.2 Å². The summed E-state index contributed by atoms with van der Waals surface area (Å²) < 4.78 is 5.22. The molecule has 236 valence electrons. The van der Waals surface area contributed by atoms with E-state index in [1.807, 2.05) is 89.8 Å². The number of carbonyl (C=O) groups excluding carboxylic acids is 4. The summed E-state index contributed by atoms with van der Waals surface area (Å²) >= 11 is 0. The second kappa shape index (κ2) is 12.1. The molecule has 1 N–H and O–H groups in total. The summed E-state index contributed by atoms with van der Waals surface area (Å²) in [5.74, 6) is -2.05. The van der Waals surface area contributed by atoms with Crippen molar-refractivity contribution in [2.24, 2.45) is 5.92 Å². The highest BCUT2D eigenvalue weighted by atomic mass is 16.5. The highest BCUT2D eigenvalue weighted by Gasteiger charge is 2.70. The lowest BCUT2D eigenvalue weighted by molar-refractivity contribution is -0.131. The zero-order valence-electron chi connectivity index (χ0n) is 26.4. The van der Waals surface area contributed by atoms with Gasteiger partial charge in [0.05, 0.1) is 12.0 Å². The molecule has 4 aromatic carbocycles. The summed E-state index contributed by atoms with van der Waals surface area (Å²) in [6.45, 7) is 3.49. The monoisotopic (exact) mass is 624 g/mol. The molecule has 0 saturated carbocycles. The molecule has 1 spiro atoms. The highest BCUT2D eigenvalue weighted by molar-refractivity contribution is 6.18. The second-order valence-corrected chi connectivity index (χ2v) is 12.6. The van der Waals surface area contributed by atoms with Crippen molar-refractivity contribution in [1.82, 2.24) is 0 Å². The molecule has 0 aromatic heterocycles. The van der Waals surface area contributed by atoms with Crippen LogP contribution in [0.4, 0.5) is 11.4 Å². The molecular formula is C40H36N2O5. The van der Waals surface area contributed by atoms with Gasteiger partial charge in [0.15, 0.2) is 11.6 Å². The van der Waals surface area contributed by atoms with E-state index in [9.17, 15) is 14.4 Å². The van der Waals surface area contributed by atoms with E-state index in [1.165, 1.54) is 6.92 Å². The van der Waals surface area contributed by atoms with Gasteiger partial charge in [0.25, 0.3) is 0 Å². The third-order valence-corrected chi connectivity index (χ3v) is 9.80. The Bertz CT molecular complexity index is 1910. The number of nitrogens with zero attached hydrogens (tertiary/aromatic N) is 1. The van der Waals surface area contributed by atoms with Crippen molar-refractivity contribution in [3.05, 3.63) is 131 Å². The van der Waals surface area contributed by atoms with Crippen molar-refractivity contribution in [1.29, 1.82) is 0 Å². The van der Waals surface area contributed by atoms with Crippen LogP contribution in [0.2, 0.25) is 0 Å². The molecule has 3 heterocycles. The maximum atomic E-state index is 15.1. The number of benzene rings is 4. The predicted molar refractivity (Wildman–Crippen MR) is 182 cm³/mol. The van der Waals surface area contributed by atoms with Gasteiger partial charge < -0.3 is 15.0 Å². The van der Waals surface area contributed by atoms with Crippen LogP contribution in [0.15, 0.2) is 103 Å². The minimum atomic E-state index is -1.38. The molecule has 3 aliphatic rings. The molecule has 1 saturated heterocycles. The molecule has 7 rings (SSSR count). The van der Waals surface area contributed by atoms with Gasteiger partial charge in [-0.2, -0.15) is 0 Å². The van der Waals surface area contributed by atoms with E-state index in [0.29, 0.717) is 28.1 Å². The molecule has 0 bridgehead atoms. The van der Waals surface area contributed by atoms with E-state index < -0.39 is 29.4 Å². The number of ketones is 2. The maximum Gasteiger partial charge on any atom is 0.308 e. The maximum absolute atomic E-state index is 15.1. The average Bonchev–Trinajstić information content (AvgIpc) is 3.56. The van der Waals surface area contributed by atoms with Crippen molar-refractivity contribution in [2.45, 2.75) is 57.0 Å². The molecule has 4 atom stereocenters. The van der Waals surface area contributed by atoms with Crippen LogP contribution in [-0.2, 0) is 21.4 Å². The fraction of sp³-hybridized carbons (Fsp3) is 0.250. The van der Waals surface area contributed by atoms with E-state index in [4.69, 9.17) is 4.74 Å². The third kappa shape index (κ3) is 4.97. The number of unbranched alkanes of at least 4 members (excludes halogenated alkanes) is 2. The number of Topliss-reactive ketones (excluding diaryl/α,β-unsaturated/α-hetero) is 2. The number of rotatable bonds is 9. The van der Waals surface area contributed by atoms with Crippen molar-refractivity contribution in [3.8, 4) is 5.75 Å². The lowest BCUT2D eigenvalue weighted by Gasteiger charge is -2.37. The number of esters is 1. The summed E-state index contributed by atoms with van der Waals surface area (Å²) in [6.07, 6.45) is 8.21. The van der Waals surface area contributed by atoms with Crippen molar-refractivity contribution < 1.29 is 23.9 Å². The number of hydrogen-bond acceptors (Lipinski definition) is 6. The van der Waals surface area contributed by atoms with Crippen LogP contribution in [0, 0.1) is 5.92 Å². The molecule has 1 fully saturated rings. The molecule has 0 radical (unpaired) electrons. The summed E-state index contributed by atoms with van der Waals surface area (Å²) in [7, 11) is 0. The summed E-state index contributed by atoms with van der Waals surface area (Å²) in [6, 6.07) is 27.6. The quantitative estimate of drug-likeness (QED) is 0.0917. The van der Waals surface area contributed by atoms with Crippen molar-refractivity contribution >= 4 is 40.9 Å². The Labute approximate surface area is 274 Å². The van der Waals surface area contributed by atoms with Crippen LogP contribution >= 0.6 is 0 Å². The number of hydrogen-bond donors (Lipinski definition) is 1. The highest BCUT2D eigenvalue weighted by Crippen LogP contribution is 2.58. The van der Waals surface area contributed by atoms with Gasteiger partial charge in [-0.3, -0.25) is 19.2 Å². The van der Waals surface area contributed by atoms with Gasteiger partial charge in [-0.05, 0) is 65.9 Å². The Kier molecular flexibility index (Phi) is 7.84. The first-order valence-electron chi connectivity index (χ1n) is 16.3. The number of aryl methyl sites for hydroxylation is 1. The van der Waals surface area contributed by atoms with Crippen LogP contribution in [-0.4, -0.2) is 35.5 Å². The van der Waals surface area contributed by atoms with Crippen LogP contribution in [0.3, 0.4) is 0 Å². The summed E-state index contributed by atoms with van der Waals surface area (Å²) in [4.78, 5) is 58.0. The fourth-order valence-corrected chi connectivity index (χ4v) is 7.74. The summed E-state index contributed by atoms with van der Waals surface area (Å²) in [5.41, 5.74) is 3.62. The van der Waals surface area contributed by atoms with Crippen LogP contribution in [0.1, 0.15) is 70.5 Å². The molecule has 0 unspecified atom stereocenters. The molecule has 4 aromatic rings. The number of carbonyl (C=O) groups is 4. The number of ether oxygens (including phenoxy) is 1. The van der Waals surface area contributed by atoms with Crippen LogP contribution < -0.4 is 15.0 Å². The zero-order valence-corrected chi connectivity index (χ0v) is 26.4. The van der Waals surface area contributed by atoms with Gasteiger partial charge in [0.2, 0.25) is 5.91 Å². The Morgan fingerprint density at radius 1 is 0.830 bits per heavy atom. The molecule has 0 aliphatic carbocycles. The topological polar surface area (TPSA) is 92.8 Å². The first kappa shape index (κ1) is 30.4. The molecule has 47 heavy (non-hydrogen) atoms. The Morgan fingerprint density at radius 3 is 2.26 bits per heavy atom.